The van der Waals surface area contributed by atoms with Crippen molar-refractivity contribution in [1.82, 2.24) is 9.80 Å². The Morgan fingerprint density at radius 1 is 1.35 bits per heavy atom. The van der Waals surface area contributed by atoms with Crippen molar-refractivity contribution in [2.45, 2.75) is 51.1 Å². The maximum atomic E-state index is 12.0. The quantitative estimate of drug-likeness (QED) is 0.793. The van der Waals surface area contributed by atoms with Crippen LogP contribution in [0.15, 0.2) is 0 Å². The SMILES string of the molecule is CC(N)CCC(=O)N1CCN2CCCCC2C1. The Morgan fingerprint density at radius 3 is 2.94 bits per heavy atom. The minimum absolute atomic E-state index is 0.134. The molecule has 2 heterocycles. The van der Waals surface area contributed by atoms with E-state index in [0.29, 0.717) is 18.4 Å². The molecular formula is C13H25N3O. The number of carbonyl (C=O) groups excluding carboxylic acids is 1. The average Bonchev–Trinajstić information content (AvgIpc) is 2.35. The first-order valence-electron chi connectivity index (χ1n) is 6.94. The molecule has 2 rings (SSSR count). The second kappa shape index (κ2) is 5.83. The van der Waals surface area contributed by atoms with E-state index < -0.39 is 0 Å². The van der Waals surface area contributed by atoms with Crippen molar-refractivity contribution in [3.8, 4) is 0 Å². The summed E-state index contributed by atoms with van der Waals surface area (Å²) in [7, 11) is 0. The van der Waals surface area contributed by atoms with Gasteiger partial charge in [-0.15, -0.1) is 0 Å². The summed E-state index contributed by atoms with van der Waals surface area (Å²) in [6.45, 7) is 6.11. The molecule has 0 spiro atoms. The van der Waals surface area contributed by atoms with Gasteiger partial charge in [-0.2, -0.15) is 0 Å². The first-order valence-corrected chi connectivity index (χ1v) is 6.94. The summed E-state index contributed by atoms with van der Waals surface area (Å²) < 4.78 is 0. The fraction of sp³-hybridized carbons (Fsp3) is 0.923. The van der Waals surface area contributed by atoms with Crippen LogP contribution in [0.3, 0.4) is 0 Å². The van der Waals surface area contributed by atoms with Crippen LogP contribution in [-0.2, 0) is 4.79 Å². The molecule has 0 aromatic carbocycles. The Hall–Kier alpha value is -0.610. The molecule has 2 atom stereocenters. The van der Waals surface area contributed by atoms with Crippen LogP contribution in [0.2, 0.25) is 0 Å². The van der Waals surface area contributed by atoms with Crippen molar-refractivity contribution < 1.29 is 4.79 Å². The van der Waals surface area contributed by atoms with E-state index in [2.05, 4.69) is 9.80 Å². The predicted octanol–water partition coefficient (Wildman–Crippen LogP) is 0.811. The summed E-state index contributed by atoms with van der Waals surface area (Å²) in [6.07, 6.45) is 5.34. The monoisotopic (exact) mass is 239 g/mol. The zero-order valence-electron chi connectivity index (χ0n) is 10.9. The van der Waals surface area contributed by atoms with Crippen LogP contribution in [0.4, 0.5) is 0 Å². The van der Waals surface area contributed by atoms with Crippen LogP contribution in [0.25, 0.3) is 0 Å². The van der Waals surface area contributed by atoms with Gasteiger partial charge in [-0.05, 0) is 32.7 Å². The molecule has 0 aromatic heterocycles. The lowest BCUT2D eigenvalue weighted by atomic mass is 9.99. The van der Waals surface area contributed by atoms with Crippen LogP contribution < -0.4 is 5.73 Å². The molecule has 0 aliphatic carbocycles. The van der Waals surface area contributed by atoms with Gasteiger partial charge in [0.25, 0.3) is 0 Å². The highest BCUT2D eigenvalue weighted by Gasteiger charge is 2.30. The number of nitrogens with two attached hydrogens (primary N) is 1. The summed E-state index contributed by atoms with van der Waals surface area (Å²) in [5.74, 6) is 0.299. The number of rotatable bonds is 3. The molecule has 2 N–H and O–H groups in total. The highest BCUT2D eigenvalue weighted by molar-refractivity contribution is 5.76. The lowest BCUT2D eigenvalue weighted by molar-refractivity contribution is -0.134. The standard InChI is InChI=1S/C13H25N3O/c1-11(14)5-6-13(17)16-9-8-15-7-3-2-4-12(15)10-16/h11-12H,2-10,14H2,1H3. The minimum Gasteiger partial charge on any atom is -0.340 e. The maximum absolute atomic E-state index is 12.0. The molecule has 2 aliphatic rings. The summed E-state index contributed by atoms with van der Waals surface area (Å²) in [4.78, 5) is 16.6. The lowest BCUT2D eigenvalue weighted by Crippen LogP contribution is -2.56. The number of hydrogen-bond donors (Lipinski definition) is 1. The smallest absolute Gasteiger partial charge is 0.222 e. The first kappa shape index (κ1) is 12.8. The van der Waals surface area contributed by atoms with E-state index in [9.17, 15) is 4.79 Å². The normalized spacial score (nSPS) is 27.6. The highest BCUT2D eigenvalue weighted by Crippen LogP contribution is 2.21. The largest absolute Gasteiger partial charge is 0.340 e. The second-order valence-electron chi connectivity index (χ2n) is 5.54. The summed E-state index contributed by atoms with van der Waals surface area (Å²) >= 11 is 0. The van der Waals surface area contributed by atoms with Crippen molar-refractivity contribution in [2.75, 3.05) is 26.2 Å². The Morgan fingerprint density at radius 2 is 2.18 bits per heavy atom. The second-order valence-corrected chi connectivity index (χ2v) is 5.54. The lowest BCUT2D eigenvalue weighted by Gasteiger charge is -2.44. The molecule has 0 bridgehead atoms. The van der Waals surface area contributed by atoms with Gasteiger partial charge in [-0.1, -0.05) is 6.42 Å². The molecule has 17 heavy (non-hydrogen) atoms. The first-order chi connectivity index (χ1) is 8.16. The van der Waals surface area contributed by atoms with Gasteiger partial charge in [0, 0.05) is 38.1 Å². The van der Waals surface area contributed by atoms with Gasteiger partial charge in [0.05, 0.1) is 0 Å². The molecule has 98 valence electrons. The van der Waals surface area contributed by atoms with E-state index >= 15 is 0 Å². The minimum atomic E-state index is 0.134. The molecule has 0 radical (unpaired) electrons. The van der Waals surface area contributed by atoms with E-state index in [1.54, 1.807) is 0 Å². The number of piperazine rings is 1. The predicted molar refractivity (Wildman–Crippen MR) is 68.7 cm³/mol. The molecule has 0 saturated carbocycles. The van der Waals surface area contributed by atoms with E-state index in [4.69, 9.17) is 5.73 Å². The van der Waals surface area contributed by atoms with Crippen LogP contribution in [0.5, 0.6) is 0 Å². The molecule has 2 fully saturated rings. The Balaban J connectivity index is 1.80. The Bertz CT molecular complexity index is 267. The third-order valence-electron chi connectivity index (χ3n) is 4.00. The molecule has 2 unspecified atom stereocenters. The van der Waals surface area contributed by atoms with Gasteiger partial charge in [0.15, 0.2) is 0 Å². The van der Waals surface area contributed by atoms with Crippen molar-refractivity contribution >= 4 is 5.91 Å². The molecule has 4 heteroatoms. The van der Waals surface area contributed by atoms with Gasteiger partial charge in [0.1, 0.15) is 0 Å². The zero-order chi connectivity index (χ0) is 12.3. The van der Waals surface area contributed by atoms with E-state index in [-0.39, 0.29) is 6.04 Å². The molecule has 2 saturated heterocycles. The van der Waals surface area contributed by atoms with Crippen molar-refractivity contribution in [3.05, 3.63) is 0 Å². The average molecular weight is 239 g/mol. The Kier molecular flexibility index (Phi) is 4.40. The number of amides is 1. The summed E-state index contributed by atoms with van der Waals surface area (Å²) in [5.41, 5.74) is 5.70. The highest BCUT2D eigenvalue weighted by atomic mass is 16.2. The number of fused-ring (bicyclic) bond motifs is 1. The topological polar surface area (TPSA) is 49.6 Å². The van der Waals surface area contributed by atoms with Crippen molar-refractivity contribution in [1.29, 1.82) is 0 Å². The fourth-order valence-corrected chi connectivity index (χ4v) is 2.89. The number of hydrogen-bond acceptors (Lipinski definition) is 3. The van der Waals surface area contributed by atoms with Gasteiger partial charge >= 0.3 is 0 Å². The summed E-state index contributed by atoms with van der Waals surface area (Å²) in [6, 6.07) is 0.756. The van der Waals surface area contributed by atoms with Crippen LogP contribution in [-0.4, -0.2) is 54.0 Å². The summed E-state index contributed by atoms with van der Waals surface area (Å²) in [5, 5.41) is 0. The molecule has 4 nitrogen and oxygen atoms in total. The van der Waals surface area contributed by atoms with E-state index in [0.717, 1.165) is 26.1 Å². The molecule has 1 amide bonds. The van der Waals surface area contributed by atoms with Crippen LogP contribution in [0.1, 0.15) is 39.0 Å². The van der Waals surface area contributed by atoms with E-state index in [1.165, 1.54) is 25.8 Å². The zero-order valence-corrected chi connectivity index (χ0v) is 10.9. The van der Waals surface area contributed by atoms with E-state index in [1.807, 2.05) is 6.92 Å². The fourth-order valence-electron chi connectivity index (χ4n) is 2.89. The Labute approximate surface area is 104 Å². The van der Waals surface area contributed by atoms with Gasteiger partial charge in [-0.3, -0.25) is 9.69 Å². The number of piperidine rings is 1. The maximum Gasteiger partial charge on any atom is 0.222 e. The van der Waals surface area contributed by atoms with Crippen LogP contribution >= 0.6 is 0 Å². The molecular weight excluding hydrogens is 214 g/mol. The van der Waals surface area contributed by atoms with Gasteiger partial charge < -0.3 is 10.6 Å². The van der Waals surface area contributed by atoms with Crippen LogP contribution in [0, 0.1) is 0 Å². The van der Waals surface area contributed by atoms with Gasteiger partial charge in [-0.25, -0.2) is 0 Å². The van der Waals surface area contributed by atoms with Crippen molar-refractivity contribution in [3.63, 3.8) is 0 Å². The molecule has 0 aromatic rings. The third-order valence-corrected chi connectivity index (χ3v) is 4.00. The van der Waals surface area contributed by atoms with Crippen molar-refractivity contribution in [2.24, 2.45) is 5.73 Å². The number of nitrogens with zero attached hydrogens (tertiary/aromatic N) is 2. The number of carbonyl (C=O) groups is 1. The molecule has 2 aliphatic heterocycles. The third kappa shape index (κ3) is 3.42. The van der Waals surface area contributed by atoms with Gasteiger partial charge in [0.2, 0.25) is 5.91 Å².